The number of piperidine rings is 1. The maximum atomic E-state index is 11.7. The van der Waals surface area contributed by atoms with Crippen LogP contribution in [-0.2, 0) is 10.0 Å². The Labute approximate surface area is 173 Å². The minimum atomic E-state index is -3.13. The third-order valence-electron chi connectivity index (χ3n) is 4.97. The zero-order chi connectivity index (χ0) is 19.7. The second kappa shape index (κ2) is 7.84. The Morgan fingerprint density at radius 1 is 1.21 bits per heavy atom. The van der Waals surface area contributed by atoms with Crippen molar-refractivity contribution in [2.75, 3.05) is 42.7 Å². The van der Waals surface area contributed by atoms with Gasteiger partial charge >= 0.3 is 0 Å². The second-order valence-corrected chi connectivity index (χ2v) is 9.75. The fraction of sp³-hybridized carbons (Fsp3) is 0.444. The van der Waals surface area contributed by atoms with Crippen LogP contribution < -0.4 is 15.0 Å². The van der Waals surface area contributed by atoms with Gasteiger partial charge in [0.25, 0.3) is 0 Å². The van der Waals surface area contributed by atoms with Gasteiger partial charge in [-0.15, -0.1) is 0 Å². The van der Waals surface area contributed by atoms with Crippen molar-refractivity contribution < 1.29 is 13.2 Å². The van der Waals surface area contributed by atoms with E-state index < -0.39 is 10.0 Å². The van der Waals surface area contributed by atoms with Gasteiger partial charge in [0.15, 0.2) is 5.82 Å². The van der Waals surface area contributed by atoms with Crippen molar-refractivity contribution in [3.63, 3.8) is 0 Å². The first kappa shape index (κ1) is 19.4. The first-order valence-electron chi connectivity index (χ1n) is 9.15. The molecule has 0 aliphatic carbocycles. The molecule has 0 spiro atoms. The molecule has 0 radical (unpaired) electrons. The van der Waals surface area contributed by atoms with Gasteiger partial charge in [-0.1, -0.05) is 12.1 Å². The summed E-state index contributed by atoms with van der Waals surface area (Å²) in [7, 11) is -3.13. The molecule has 1 saturated heterocycles. The Kier molecular flexibility index (Phi) is 5.44. The quantitative estimate of drug-likeness (QED) is 0.738. The lowest BCUT2D eigenvalue weighted by molar-refractivity contribution is 0.313. The number of hydrogen-bond donors (Lipinski definition) is 1. The molecular formula is C18H22BrN5O3S. The van der Waals surface area contributed by atoms with E-state index in [4.69, 9.17) is 9.72 Å². The molecule has 8 nitrogen and oxygen atoms in total. The third kappa shape index (κ3) is 4.08. The fourth-order valence-corrected chi connectivity index (χ4v) is 4.80. The van der Waals surface area contributed by atoms with Crippen LogP contribution in [0.3, 0.4) is 0 Å². The van der Waals surface area contributed by atoms with E-state index in [-0.39, 0.29) is 6.04 Å². The van der Waals surface area contributed by atoms with Crippen LogP contribution in [0.1, 0.15) is 12.8 Å². The molecule has 2 aliphatic rings. The summed E-state index contributed by atoms with van der Waals surface area (Å²) in [5, 5.41) is 3.36. The van der Waals surface area contributed by atoms with Crippen molar-refractivity contribution >= 4 is 43.4 Å². The summed E-state index contributed by atoms with van der Waals surface area (Å²) in [4.78, 5) is 11.2. The van der Waals surface area contributed by atoms with Crippen LogP contribution in [0.4, 0.5) is 17.5 Å². The molecule has 28 heavy (non-hydrogen) atoms. The predicted molar refractivity (Wildman–Crippen MR) is 112 cm³/mol. The normalized spacial score (nSPS) is 18.4. The molecule has 1 aromatic carbocycles. The van der Waals surface area contributed by atoms with E-state index in [2.05, 4.69) is 31.1 Å². The second-order valence-electron chi connectivity index (χ2n) is 6.91. The number of aromatic nitrogens is 2. The summed E-state index contributed by atoms with van der Waals surface area (Å²) in [5.74, 6) is 2.16. The van der Waals surface area contributed by atoms with Crippen LogP contribution in [0.25, 0.3) is 0 Å². The van der Waals surface area contributed by atoms with Crippen molar-refractivity contribution in [3.05, 3.63) is 34.9 Å². The van der Waals surface area contributed by atoms with Gasteiger partial charge < -0.3 is 15.0 Å². The first-order chi connectivity index (χ1) is 13.4. The summed E-state index contributed by atoms with van der Waals surface area (Å²) in [6.45, 7) is 2.30. The molecule has 0 bridgehead atoms. The number of benzene rings is 1. The average molecular weight is 468 g/mol. The number of ether oxygens (including phenoxy) is 1. The van der Waals surface area contributed by atoms with Crippen LogP contribution in [0.5, 0.6) is 5.75 Å². The highest BCUT2D eigenvalue weighted by atomic mass is 79.9. The molecule has 1 aromatic heterocycles. The molecule has 1 fully saturated rings. The number of rotatable bonds is 4. The minimum Gasteiger partial charge on any atom is -0.490 e. The van der Waals surface area contributed by atoms with Crippen LogP contribution in [-0.4, -0.2) is 61.2 Å². The van der Waals surface area contributed by atoms with E-state index in [9.17, 15) is 8.42 Å². The highest BCUT2D eigenvalue weighted by Crippen LogP contribution is 2.38. The molecule has 0 saturated carbocycles. The SMILES string of the molecule is CS(=O)(=O)N1CCC(Nc2ncc(Br)c(N3CCOc4ccccc43)n2)CC1. The number of fused-ring (bicyclic) bond motifs is 1. The van der Waals surface area contributed by atoms with Crippen molar-refractivity contribution in [1.82, 2.24) is 14.3 Å². The largest absolute Gasteiger partial charge is 0.490 e. The van der Waals surface area contributed by atoms with Gasteiger partial charge in [-0.05, 0) is 40.9 Å². The maximum Gasteiger partial charge on any atom is 0.224 e. The Hall–Kier alpha value is -1.91. The number of para-hydroxylation sites is 2. The molecule has 1 N–H and O–H groups in total. The maximum absolute atomic E-state index is 11.7. The Balaban J connectivity index is 1.51. The molecule has 0 amide bonds. The molecular weight excluding hydrogens is 446 g/mol. The fourth-order valence-electron chi connectivity index (χ4n) is 3.52. The number of halogens is 1. The van der Waals surface area contributed by atoms with Gasteiger partial charge in [-0.2, -0.15) is 4.98 Å². The minimum absolute atomic E-state index is 0.143. The lowest BCUT2D eigenvalue weighted by Crippen LogP contribution is -2.42. The number of nitrogens with zero attached hydrogens (tertiary/aromatic N) is 4. The molecule has 0 atom stereocenters. The smallest absolute Gasteiger partial charge is 0.224 e. The Morgan fingerprint density at radius 3 is 2.71 bits per heavy atom. The van der Waals surface area contributed by atoms with Crippen molar-refractivity contribution in [3.8, 4) is 5.75 Å². The summed E-state index contributed by atoms with van der Waals surface area (Å²) < 4.78 is 31.4. The van der Waals surface area contributed by atoms with E-state index in [0.29, 0.717) is 32.2 Å². The highest BCUT2D eigenvalue weighted by Gasteiger charge is 2.26. The lowest BCUT2D eigenvalue weighted by atomic mass is 10.1. The van der Waals surface area contributed by atoms with Crippen molar-refractivity contribution in [2.24, 2.45) is 0 Å². The van der Waals surface area contributed by atoms with Crippen molar-refractivity contribution in [1.29, 1.82) is 0 Å². The van der Waals surface area contributed by atoms with E-state index in [1.807, 2.05) is 24.3 Å². The van der Waals surface area contributed by atoms with E-state index in [0.717, 1.165) is 34.6 Å². The van der Waals surface area contributed by atoms with Crippen LogP contribution in [0.15, 0.2) is 34.9 Å². The van der Waals surface area contributed by atoms with Gasteiger partial charge in [-0.3, -0.25) is 0 Å². The predicted octanol–water partition coefficient (Wildman–Crippen LogP) is 2.61. The average Bonchev–Trinajstić information content (AvgIpc) is 2.69. The van der Waals surface area contributed by atoms with E-state index in [1.54, 1.807) is 6.20 Å². The third-order valence-corrected chi connectivity index (χ3v) is 6.83. The highest BCUT2D eigenvalue weighted by molar-refractivity contribution is 9.10. The number of nitrogens with one attached hydrogen (secondary N) is 1. The van der Waals surface area contributed by atoms with E-state index >= 15 is 0 Å². The Morgan fingerprint density at radius 2 is 1.96 bits per heavy atom. The van der Waals surface area contributed by atoms with Crippen LogP contribution in [0, 0.1) is 0 Å². The van der Waals surface area contributed by atoms with Gasteiger partial charge in [0.1, 0.15) is 12.4 Å². The van der Waals surface area contributed by atoms with Crippen molar-refractivity contribution in [2.45, 2.75) is 18.9 Å². The van der Waals surface area contributed by atoms with Crippen LogP contribution >= 0.6 is 15.9 Å². The molecule has 4 rings (SSSR count). The summed E-state index contributed by atoms with van der Waals surface area (Å²) in [6, 6.07) is 8.03. The molecule has 2 aliphatic heterocycles. The topological polar surface area (TPSA) is 87.7 Å². The van der Waals surface area contributed by atoms with Gasteiger partial charge in [0, 0.05) is 25.3 Å². The summed E-state index contributed by atoms with van der Waals surface area (Å²) in [5.41, 5.74) is 0.973. The van der Waals surface area contributed by atoms with E-state index in [1.165, 1.54) is 10.6 Å². The van der Waals surface area contributed by atoms with Gasteiger partial charge in [-0.25, -0.2) is 17.7 Å². The van der Waals surface area contributed by atoms with Crippen LogP contribution in [0.2, 0.25) is 0 Å². The first-order valence-corrected chi connectivity index (χ1v) is 11.8. The monoisotopic (exact) mass is 467 g/mol. The molecule has 0 unspecified atom stereocenters. The Bertz CT molecular complexity index is 963. The summed E-state index contributed by atoms with van der Waals surface area (Å²) in [6.07, 6.45) is 4.45. The number of hydrogen-bond acceptors (Lipinski definition) is 7. The molecule has 3 heterocycles. The standard InChI is InChI=1S/C18H22BrN5O3S/c1-28(25,26)23-8-6-13(7-9-23)21-18-20-12-14(19)17(22-18)24-10-11-27-16-5-3-2-4-15(16)24/h2-5,12-13H,6-11H2,1H3,(H,20,21,22). The van der Waals surface area contributed by atoms with Gasteiger partial charge in [0.05, 0.1) is 23.0 Å². The molecule has 2 aromatic rings. The summed E-state index contributed by atoms with van der Waals surface area (Å²) >= 11 is 3.56. The zero-order valence-corrected chi connectivity index (χ0v) is 17.9. The number of anilines is 3. The zero-order valence-electron chi connectivity index (χ0n) is 15.5. The molecule has 10 heteroatoms. The number of sulfonamides is 1. The van der Waals surface area contributed by atoms with Gasteiger partial charge in [0.2, 0.25) is 16.0 Å². The lowest BCUT2D eigenvalue weighted by Gasteiger charge is -2.32. The molecule has 150 valence electrons.